The standard InChI is InChI=1S/C14H13Cl2F2N3O2/c1-7-11(16)6-19-21(7)8(2)13(22)20-9-3-4-12(10(15)5-9)23-14(17)18/h3-6,8,14H,1-2H3,(H,20,22). The maximum atomic E-state index is 12.2. The van der Waals surface area contributed by atoms with Crippen molar-refractivity contribution in [2.24, 2.45) is 0 Å². The molecule has 0 radical (unpaired) electrons. The summed E-state index contributed by atoms with van der Waals surface area (Å²) >= 11 is 11.7. The number of carbonyl (C=O) groups is 1. The minimum absolute atomic E-state index is 0.0333. The molecule has 1 N–H and O–H groups in total. The first-order valence-electron chi connectivity index (χ1n) is 6.54. The average Bonchev–Trinajstić information content (AvgIpc) is 2.80. The van der Waals surface area contributed by atoms with Gasteiger partial charge >= 0.3 is 6.61 Å². The van der Waals surface area contributed by atoms with Crippen molar-refractivity contribution in [3.63, 3.8) is 0 Å². The maximum absolute atomic E-state index is 12.2. The van der Waals surface area contributed by atoms with Gasteiger partial charge in [-0.3, -0.25) is 9.48 Å². The van der Waals surface area contributed by atoms with E-state index < -0.39 is 12.7 Å². The highest BCUT2D eigenvalue weighted by molar-refractivity contribution is 6.32. The molecular formula is C14H13Cl2F2N3O2. The van der Waals surface area contributed by atoms with Gasteiger partial charge in [0.2, 0.25) is 5.91 Å². The van der Waals surface area contributed by atoms with Crippen molar-refractivity contribution >= 4 is 34.8 Å². The van der Waals surface area contributed by atoms with Gasteiger partial charge in [0.25, 0.3) is 0 Å². The lowest BCUT2D eigenvalue weighted by Gasteiger charge is -2.15. The molecule has 9 heteroatoms. The molecule has 124 valence electrons. The summed E-state index contributed by atoms with van der Waals surface area (Å²) in [6.45, 7) is 0.425. The number of halogens is 4. The number of anilines is 1. The highest BCUT2D eigenvalue weighted by Crippen LogP contribution is 2.29. The molecule has 1 amide bonds. The summed E-state index contributed by atoms with van der Waals surface area (Å²) < 4.78 is 30.1. The van der Waals surface area contributed by atoms with Crippen LogP contribution in [0, 0.1) is 6.92 Å². The minimum atomic E-state index is -2.97. The van der Waals surface area contributed by atoms with Crippen molar-refractivity contribution in [3.05, 3.63) is 40.1 Å². The van der Waals surface area contributed by atoms with E-state index in [1.807, 2.05) is 0 Å². The van der Waals surface area contributed by atoms with E-state index in [0.717, 1.165) is 0 Å². The Morgan fingerprint density at radius 3 is 2.57 bits per heavy atom. The Morgan fingerprint density at radius 1 is 1.35 bits per heavy atom. The van der Waals surface area contributed by atoms with Crippen LogP contribution in [-0.2, 0) is 4.79 Å². The van der Waals surface area contributed by atoms with Crippen LogP contribution in [0.4, 0.5) is 14.5 Å². The van der Waals surface area contributed by atoms with Crippen LogP contribution in [0.2, 0.25) is 10.0 Å². The molecule has 1 atom stereocenters. The summed E-state index contributed by atoms with van der Waals surface area (Å²) in [7, 11) is 0. The zero-order valence-corrected chi connectivity index (χ0v) is 13.7. The Labute approximate surface area is 141 Å². The van der Waals surface area contributed by atoms with Crippen LogP contribution in [0.25, 0.3) is 0 Å². The summed E-state index contributed by atoms with van der Waals surface area (Å²) in [6.07, 6.45) is 1.45. The molecule has 0 bridgehead atoms. The highest BCUT2D eigenvalue weighted by Gasteiger charge is 2.19. The molecule has 0 aliphatic rings. The fraction of sp³-hybridized carbons (Fsp3) is 0.286. The lowest BCUT2D eigenvalue weighted by molar-refractivity contribution is -0.119. The zero-order chi connectivity index (χ0) is 17.1. The van der Waals surface area contributed by atoms with Crippen LogP contribution in [0.5, 0.6) is 5.75 Å². The molecule has 1 heterocycles. The van der Waals surface area contributed by atoms with Crippen LogP contribution in [0.15, 0.2) is 24.4 Å². The van der Waals surface area contributed by atoms with E-state index in [9.17, 15) is 13.6 Å². The maximum Gasteiger partial charge on any atom is 0.387 e. The van der Waals surface area contributed by atoms with E-state index in [0.29, 0.717) is 16.4 Å². The van der Waals surface area contributed by atoms with Crippen LogP contribution in [0.3, 0.4) is 0 Å². The second-order valence-corrected chi connectivity index (χ2v) is 5.53. The van der Waals surface area contributed by atoms with Gasteiger partial charge in [0.05, 0.1) is 21.9 Å². The highest BCUT2D eigenvalue weighted by atomic mass is 35.5. The molecule has 5 nitrogen and oxygen atoms in total. The number of carbonyl (C=O) groups excluding carboxylic acids is 1. The topological polar surface area (TPSA) is 56.2 Å². The predicted molar refractivity (Wildman–Crippen MR) is 83.4 cm³/mol. The van der Waals surface area contributed by atoms with E-state index in [1.165, 1.54) is 29.1 Å². The molecule has 2 rings (SSSR count). The Morgan fingerprint density at radius 2 is 2.04 bits per heavy atom. The molecule has 2 aromatic rings. The van der Waals surface area contributed by atoms with Gasteiger partial charge in [-0.2, -0.15) is 13.9 Å². The van der Waals surface area contributed by atoms with Crippen molar-refractivity contribution < 1.29 is 18.3 Å². The van der Waals surface area contributed by atoms with Crippen molar-refractivity contribution in [3.8, 4) is 5.75 Å². The van der Waals surface area contributed by atoms with E-state index in [4.69, 9.17) is 23.2 Å². The molecular weight excluding hydrogens is 351 g/mol. The Kier molecular flexibility index (Phi) is 5.43. The number of nitrogens with zero attached hydrogens (tertiary/aromatic N) is 2. The fourth-order valence-corrected chi connectivity index (χ4v) is 2.28. The summed E-state index contributed by atoms with van der Waals surface area (Å²) in [6, 6.07) is 3.38. The molecule has 0 spiro atoms. The molecule has 1 aromatic carbocycles. The summed E-state index contributed by atoms with van der Waals surface area (Å²) in [4.78, 5) is 12.2. The molecule has 23 heavy (non-hydrogen) atoms. The quantitative estimate of drug-likeness (QED) is 0.861. The molecule has 0 aliphatic heterocycles. The summed E-state index contributed by atoms with van der Waals surface area (Å²) in [5.41, 5.74) is 1.01. The molecule has 0 saturated heterocycles. The van der Waals surface area contributed by atoms with Gasteiger partial charge < -0.3 is 10.1 Å². The molecule has 0 saturated carbocycles. The van der Waals surface area contributed by atoms with Crippen molar-refractivity contribution in [1.82, 2.24) is 9.78 Å². The second-order valence-electron chi connectivity index (χ2n) is 4.71. The lowest BCUT2D eigenvalue weighted by Crippen LogP contribution is -2.25. The Balaban J connectivity index is 2.11. The van der Waals surface area contributed by atoms with Gasteiger partial charge in [-0.25, -0.2) is 0 Å². The van der Waals surface area contributed by atoms with Gasteiger partial charge in [0.15, 0.2) is 0 Å². The fourth-order valence-electron chi connectivity index (χ4n) is 1.92. The predicted octanol–water partition coefficient (Wildman–Crippen LogP) is 4.30. The van der Waals surface area contributed by atoms with Gasteiger partial charge in [-0.05, 0) is 32.0 Å². The lowest BCUT2D eigenvalue weighted by atomic mass is 10.2. The van der Waals surface area contributed by atoms with Crippen molar-refractivity contribution in [1.29, 1.82) is 0 Å². The number of nitrogens with one attached hydrogen (secondary N) is 1. The first-order chi connectivity index (χ1) is 10.8. The summed E-state index contributed by atoms with van der Waals surface area (Å²) in [5.74, 6) is -0.520. The third-order valence-electron chi connectivity index (χ3n) is 3.15. The zero-order valence-electron chi connectivity index (χ0n) is 12.2. The van der Waals surface area contributed by atoms with Gasteiger partial charge in [0, 0.05) is 5.69 Å². The molecule has 1 unspecified atom stereocenters. The van der Waals surface area contributed by atoms with Gasteiger partial charge in [0.1, 0.15) is 11.8 Å². The van der Waals surface area contributed by atoms with Gasteiger partial charge in [-0.15, -0.1) is 0 Å². The Bertz CT molecular complexity index is 722. The number of amides is 1. The van der Waals surface area contributed by atoms with E-state index >= 15 is 0 Å². The number of hydrogen-bond acceptors (Lipinski definition) is 3. The third-order valence-corrected chi connectivity index (χ3v) is 3.81. The smallest absolute Gasteiger partial charge is 0.387 e. The van der Waals surface area contributed by atoms with E-state index in [2.05, 4.69) is 15.2 Å². The van der Waals surface area contributed by atoms with Crippen LogP contribution < -0.4 is 10.1 Å². The number of rotatable bonds is 5. The number of hydrogen-bond donors (Lipinski definition) is 1. The largest absolute Gasteiger partial charge is 0.433 e. The SMILES string of the molecule is Cc1c(Cl)cnn1C(C)C(=O)Nc1ccc(OC(F)F)c(Cl)c1. The summed E-state index contributed by atoms with van der Waals surface area (Å²) in [5, 5.41) is 7.09. The molecule has 1 aromatic heterocycles. The third kappa shape index (κ3) is 4.11. The Hall–Kier alpha value is -1.86. The van der Waals surface area contributed by atoms with Crippen LogP contribution in [0.1, 0.15) is 18.7 Å². The monoisotopic (exact) mass is 363 g/mol. The van der Waals surface area contributed by atoms with E-state index in [-0.39, 0.29) is 16.7 Å². The average molecular weight is 364 g/mol. The van der Waals surface area contributed by atoms with Crippen LogP contribution >= 0.6 is 23.2 Å². The number of aromatic nitrogens is 2. The normalized spacial score (nSPS) is 12.3. The van der Waals surface area contributed by atoms with Gasteiger partial charge in [-0.1, -0.05) is 23.2 Å². The van der Waals surface area contributed by atoms with Crippen molar-refractivity contribution in [2.75, 3.05) is 5.32 Å². The number of alkyl halides is 2. The molecule has 0 aliphatic carbocycles. The minimum Gasteiger partial charge on any atom is -0.433 e. The molecule has 0 fully saturated rings. The van der Waals surface area contributed by atoms with E-state index in [1.54, 1.807) is 13.8 Å². The first kappa shape index (κ1) is 17.5. The van der Waals surface area contributed by atoms with Crippen molar-refractivity contribution in [2.45, 2.75) is 26.5 Å². The number of benzene rings is 1. The first-order valence-corrected chi connectivity index (χ1v) is 7.30. The number of ether oxygens (including phenoxy) is 1. The second kappa shape index (κ2) is 7.14. The van der Waals surface area contributed by atoms with Crippen LogP contribution in [-0.4, -0.2) is 22.3 Å².